The SMILES string of the molecule is CC1(C)c2ccccc2-c2c1ccc1c2c2ccccc2n1-c1ccc(-c2nc(-c3ccccc3)nc3c2C(C)(C)c2ccccc2-3)cc1. The molecular formula is C46H35N3. The summed E-state index contributed by atoms with van der Waals surface area (Å²) in [6.07, 6.45) is 0. The Morgan fingerprint density at radius 2 is 1.10 bits per heavy atom. The van der Waals surface area contributed by atoms with Crippen LogP contribution in [0.4, 0.5) is 0 Å². The van der Waals surface area contributed by atoms with Gasteiger partial charge in [-0.25, -0.2) is 9.97 Å². The molecule has 2 heterocycles. The van der Waals surface area contributed by atoms with Crippen LogP contribution in [0.25, 0.3) is 72.5 Å². The van der Waals surface area contributed by atoms with Crippen LogP contribution >= 0.6 is 0 Å². The number of para-hydroxylation sites is 1. The van der Waals surface area contributed by atoms with Crippen molar-refractivity contribution in [3.63, 3.8) is 0 Å². The van der Waals surface area contributed by atoms with Gasteiger partial charge < -0.3 is 4.57 Å². The van der Waals surface area contributed by atoms with E-state index in [1.54, 1.807) is 0 Å². The van der Waals surface area contributed by atoms with Crippen molar-refractivity contribution in [1.29, 1.82) is 0 Å². The van der Waals surface area contributed by atoms with E-state index in [4.69, 9.17) is 9.97 Å². The zero-order valence-corrected chi connectivity index (χ0v) is 28.1. The fourth-order valence-electron chi connectivity index (χ4n) is 8.84. The van der Waals surface area contributed by atoms with Gasteiger partial charge in [0.1, 0.15) is 0 Å². The molecule has 2 aromatic heterocycles. The molecule has 0 bridgehead atoms. The zero-order valence-electron chi connectivity index (χ0n) is 28.1. The summed E-state index contributed by atoms with van der Waals surface area (Å²) in [5.41, 5.74) is 16.6. The van der Waals surface area contributed by atoms with Crippen LogP contribution in [0.5, 0.6) is 0 Å². The average molecular weight is 630 g/mol. The first-order valence-electron chi connectivity index (χ1n) is 17.2. The number of rotatable bonds is 3. The first kappa shape index (κ1) is 28.2. The Morgan fingerprint density at radius 3 is 1.88 bits per heavy atom. The fourth-order valence-corrected chi connectivity index (χ4v) is 8.84. The van der Waals surface area contributed by atoms with E-state index in [1.165, 1.54) is 60.8 Å². The van der Waals surface area contributed by atoms with Crippen molar-refractivity contribution in [2.45, 2.75) is 38.5 Å². The minimum absolute atomic E-state index is 0.0468. The Bertz CT molecular complexity index is 2640. The molecule has 0 atom stereocenters. The quantitative estimate of drug-likeness (QED) is 0.195. The van der Waals surface area contributed by atoms with Gasteiger partial charge in [0.25, 0.3) is 0 Å². The molecule has 8 aromatic rings. The molecular weight excluding hydrogens is 595 g/mol. The van der Waals surface area contributed by atoms with Crippen LogP contribution in [0, 0.1) is 0 Å². The van der Waals surface area contributed by atoms with Crippen molar-refractivity contribution >= 4 is 21.8 Å². The first-order chi connectivity index (χ1) is 23.8. The van der Waals surface area contributed by atoms with E-state index in [0.717, 1.165) is 34.0 Å². The van der Waals surface area contributed by atoms with E-state index < -0.39 is 0 Å². The second-order valence-corrected chi connectivity index (χ2v) is 14.6. The van der Waals surface area contributed by atoms with Crippen LogP contribution in [0.3, 0.4) is 0 Å². The number of aromatic nitrogens is 3. The standard InChI is InChI=1S/C46H35N3/c1-45(2)34-19-11-8-16-31(34)39-36(45)26-27-38-40(39)33-18-10-13-21-37(33)49(38)30-24-22-28(23-25-30)42-41-43(32-17-9-12-20-35(32)46(41,3)4)48-44(47-42)29-14-6-5-7-15-29/h5-27H,1-4H3. The summed E-state index contributed by atoms with van der Waals surface area (Å²) in [6.45, 7) is 9.32. The molecule has 234 valence electrons. The van der Waals surface area contributed by atoms with Crippen LogP contribution < -0.4 is 0 Å². The minimum atomic E-state index is -0.230. The molecule has 3 heteroatoms. The Labute approximate surface area is 286 Å². The Kier molecular flexibility index (Phi) is 5.69. The van der Waals surface area contributed by atoms with Crippen molar-refractivity contribution in [2.24, 2.45) is 0 Å². The highest BCUT2D eigenvalue weighted by atomic mass is 15.0. The van der Waals surface area contributed by atoms with Crippen LogP contribution in [-0.4, -0.2) is 14.5 Å². The first-order valence-corrected chi connectivity index (χ1v) is 17.2. The third-order valence-corrected chi connectivity index (χ3v) is 11.2. The van der Waals surface area contributed by atoms with Gasteiger partial charge in [0.15, 0.2) is 5.82 Å². The maximum atomic E-state index is 5.31. The highest BCUT2D eigenvalue weighted by Crippen LogP contribution is 2.54. The van der Waals surface area contributed by atoms with E-state index in [9.17, 15) is 0 Å². The third kappa shape index (κ3) is 3.79. The maximum Gasteiger partial charge on any atom is 0.160 e. The number of benzene rings is 6. The molecule has 0 spiro atoms. The van der Waals surface area contributed by atoms with E-state index in [2.05, 4.69) is 166 Å². The lowest BCUT2D eigenvalue weighted by Gasteiger charge is -2.24. The van der Waals surface area contributed by atoms with Gasteiger partial charge in [-0.15, -0.1) is 0 Å². The summed E-state index contributed by atoms with van der Waals surface area (Å²) in [7, 11) is 0. The predicted octanol–water partition coefficient (Wildman–Crippen LogP) is 11.5. The lowest BCUT2D eigenvalue weighted by Crippen LogP contribution is -2.17. The molecule has 0 unspecified atom stereocenters. The highest BCUT2D eigenvalue weighted by Gasteiger charge is 2.40. The van der Waals surface area contributed by atoms with Gasteiger partial charge in [0, 0.05) is 49.5 Å². The molecule has 0 radical (unpaired) electrons. The van der Waals surface area contributed by atoms with E-state index in [-0.39, 0.29) is 10.8 Å². The number of hydrogen-bond donors (Lipinski definition) is 0. The number of fused-ring (bicyclic) bond motifs is 10. The van der Waals surface area contributed by atoms with Crippen LogP contribution in [0.15, 0.2) is 140 Å². The third-order valence-electron chi connectivity index (χ3n) is 11.2. The topological polar surface area (TPSA) is 30.7 Å². The molecule has 49 heavy (non-hydrogen) atoms. The Balaban J connectivity index is 1.18. The lowest BCUT2D eigenvalue weighted by molar-refractivity contribution is 0.658. The largest absolute Gasteiger partial charge is 0.309 e. The monoisotopic (exact) mass is 629 g/mol. The molecule has 0 N–H and O–H groups in total. The fraction of sp³-hybridized carbons (Fsp3) is 0.130. The van der Waals surface area contributed by atoms with Crippen molar-refractivity contribution in [1.82, 2.24) is 14.5 Å². The molecule has 3 nitrogen and oxygen atoms in total. The Hall–Kier alpha value is -5.80. The van der Waals surface area contributed by atoms with Crippen molar-refractivity contribution in [2.75, 3.05) is 0 Å². The summed E-state index contributed by atoms with van der Waals surface area (Å²) >= 11 is 0. The van der Waals surface area contributed by atoms with Crippen LogP contribution in [-0.2, 0) is 10.8 Å². The minimum Gasteiger partial charge on any atom is -0.309 e. The van der Waals surface area contributed by atoms with Gasteiger partial charge in [-0.05, 0) is 52.1 Å². The molecule has 0 fully saturated rings. The molecule has 10 rings (SSSR count). The van der Waals surface area contributed by atoms with Gasteiger partial charge in [-0.2, -0.15) is 0 Å². The maximum absolute atomic E-state index is 5.31. The van der Waals surface area contributed by atoms with Crippen LogP contribution in [0.1, 0.15) is 49.9 Å². The molecule has 0 aliphatic heterocycles. The van der Waals surface area contributed by atoms with E-state index >= 15 is 0 Å². The van der Waals surface area contributed by atoms with Gasteiger partial charge in [0.2, 0.25) is 0 Å². The zero-order chi connectivity index (χ0) is 33.1. The average Bonchev–Trinajstić information content (AvgIpc) is 3.69. The van der Waals surface area contributed by atoms with Crippen molar-refractivity contribution < 1.29 is 0 Å². The molecule has 2 aliphatic carbocycles. The predicted molar refractivity (Wildman–Crippen MR) is 202 cm³/mol. The molecule has 0 saturated heterocycles. The van der Waals surface area contributed by atoms with Crippen LogP contribution in [0.2, 0.25) is 0 Å². The van der Waals surface area contributed by atoms with E-state index in [0.29, 0.717) is 0 Å². The van der Waals surface area contributed by atoms with Crippen molar-refractivity contribution in [3.05, 3.63) is 162 Å². The number of hydrogen-bond acceptors (Lipinski definition) is 2. The normalized spacial score (nSPS) is 14.9. The molecule has 0 amide bonds. The number of nitrogens with zero attached hydrogens (tertiary/aromatic N) is 3. The summed E-state index contributed by atoms with van der Waals surface area (Å²) in [6, 6.07) is 50.5. The molecule has 0 saturated carbocycles. The van der Waals surface area contributed by atoms with Gasteiger partial charge in [-0.1, -0.05) is 143 Å². The van der Waals surface area contributed by atoms with Gasteiger partial charge >= 0.3 is 0 Å². The van der Waals surface area contributed by atoms with Gasteiger partial charge in [-0.3, -0.25) is 0 Å². The molecule has 6 aromatic carbocycles. The lowest BCUT2D eigenvalue weighted by atomic mass is 9.81. The highest BCUT2D eigenvalue weighted by molar-refractivity contribution is 6.17. The second kappa shape index (κ2) is 9.87. The molecule has 2 aliphatic rings. The summed E-state index contributed by atoms with van der Waals surface area (Å²) < 4.78 is 2.43. The summed E-state index contributed by atoms with van der Waals surface area (Å²) in [5, 5.41) is 2.61. The smallest absolute Gasteiger partial charge is 0.160 e. The van der Waals surface area contributed by atoms with Crippen molar-refractivity contribution in [3.8, 4) is 50.7 Å². The van der Waals surface area contributed by atoms with E-state index in [1.807, 2.05) is 6.07 Å². The second-order valence-electron chi connectivity index (χ2n) is 14.6. The summed E-state index contributed by atoms with van der Waals surface area (Å²) in [5.74, 6) is 0.755. The van der Waals surface area contributed by atoms with Gasteiger partial charge in [0.05, 0.1) is 22.4 Å². The summed E-state index contributed by atoms with van der Waals surface area (Å²) in [4.78, 5) is 10.5. The Morgan fingerprint density at radius 1 is 0.469 bits per heavy atom.